The molecule has 0 spiro atoms. The van der Waals surface area contributed by atoms with Crippen LogP contribution in [0.5, 0.6) is 0 Å². The molecule has 4 aromatic heterocycles. The van der Waals surface area contributed by atoms with E-state index >= 15 is 0 Å². The molecule has 0 saturated carbocycles. The molecule has 15 nitrogen and oxygen atoms in total. The van der Waals surface area contributed by atoms with Gasteiger partial charge in [-0.25, -0.2) is 9.97 Å². The average Bonchev–Trinajstić information content (AvgIpc) is 3.87. The number of primary amides is 1. The Bertz CT molecular complexity index is 2330. The number of amides is 3. The minimum absolute atomic E-state index is 0. The van der Waals surface area contributed by atoms with Gasteiger partial charge in [-0.05, 0) is 89.3 Å². The Morgan fingerprint density at radius 2 is 1.58 bits per heavy atom. The number of anilines is 3. The van der Waals surface area contributed by atoms with Crippen LogP contribution in [0.3, 0.4) is 0 Å². The number of fused-ring (bicyclic) bond motifs is 8. The summed E-state index contributed by atoms with van der Waals surface area (Å²) in [6.45, 7) is 8.01. The highest BCUT2D eigenvalue weighted by atomic mass is 16.2. The van der Waals surface area contributed by atoms with E-state index < -0.39 is 5.91 Å². The van der Waals surface area contributed by atoms with Crippen molar-refractivity contribution < 1.29 is 14.4 Å². The van der Waals surface area contributed by atoms with Crippen LogP contribution < -0.4 is 21.7 Å². The zero-order chi connectivity index (χ0) is 36.5. The summed E-state index contributed by atoms with van der Waals surface area (Å²) in [5.74, 6) is -0.271. The van der Waals surface area contributed by atoms with Crippen molar-refractivity contribution in [2.24, 2.45) is 5.73 Å². The summed E-state index contributed by atoms with van der Waals surface area (Å²) in [5.41, 5.74) is 13.3. The van der Waals surface area contributed by atoms with E-state index in [0.29, 0.717) is 79.8 Å². The van der Waals surface area contributed by atoms with Crippen molar-refractivity contribution in [1.29, 1.82) is 0 Å². The molecule has 7 rings (SSSR count). The Morgan fingerprint density at radius 1 is 0.868 bits per heavy atom. The predicted molar refractivity (Wildman–Crippen MR) is 207 cm³/mol. The summed E-state index contributed by atoms with van der Waals surface area (Å²) in [6, 6.07) is 12.8. The second-order valence-electron chi connectivity index (χ2n) is 13.2. The zero-order valence-corrected chi connectivity index (χ0v) is 30.0. The van der Waals surface area contributed by atoms with Crippen molar-refractivity contribution in [2.45, 2.75) is 92.9 Å². The Kier molecular flexibility index (Phi) is 10.6. The molecule has 53 heavy (non-hydrogen) atoms. The van der Waals surface area contributed by atoms with Crippen molar-refractivity contribution in [3.63, 3.8) is 0 Å². The molecule has 0 bridgehead atoms. The van der Waals surface area contributed by atoms with Gasteiger partial charge in [0.1, 0.15) is 16.9 Å². The number of hydrogen-bond donors (Lipinski definition) is 4. The highest BCUT2D eigenvalue weighted by Crippen LogP contribution is 2.29. The Balaban J connectivity index is 0.00000481. The molecule has 278 valence electrons. The molecule has 0 radical (unpaired) electrons. The fraction of sp³-hybridized carbons (Fsp3) is 0.395. The largest absolute Gasteiger partial charge is 0.386 e. The first kappa shape index (κ1) is 36.8. The maximum atomic E-state index is 14.1. The number of carbonyl (C=O) groups excluding carboxylic acids is 3. The number of rotatable bonds is 3. The first-order chi connectivity index (χ1) is 25.2. The normalized spacial score (nSPS) is 14.6. The van der Waals surface area contributed by atoms with Gasteiger partial charge in [-0.1, -0.05) is 19.9 Å². The lowest BCUT2D eigenvalue weighted by Crippen LogP contribution is -2.21. The molecule has 5 N–H and O–H groups in total. The molecule has 3 amide bonds. The fourth-order valence-electron chi connectivity index (χ4n) is 7.18. The van der Waals surface area contributed by atoms with Gasteiger partial charge in [0, 0.05) is 44.4 Å². The minimum Gasteiger partial charge on any atom is -0.386 e. The zero-order valence-electron chi connectivity index (χ0n) is 30.0. The standard InChI is InChI=1S/C37H44N12O3.CH4/c1-5-48-32-25(23(3)45-48)12-7-6-8-19-49-30(20-22(2)44-49)34(51)42-36-40-27-21-24(33(38)50)15-16-28(27)46(36)17-9-10-18-47-29-14-11-13-26(39-4)31(29)41-37(47)43-35(32)52;/h11,13-16,20-21,39H,5-10,12,17-19H2,1-4H3,(H2,38,50)(H,40,42,51)(H,41,43,52);1H4. The number of nitrogens with zero attached hydrogens (tertiary/aromatic N) is 8. The summed E-state index contributed by atoms with van der Waals surface area (Å²) in [5, 5.41) is 18.8. The summed E-state index contributed by atoms with van der Waals surface area (Å²) < 4.78 is 7.53. The van der Waals surface area contributed by atoms with Crippen molar-refractivity contribution in [2.75, 3.05) is 23.0 Å². The van der Waals surface area contributed by atoms with Crippen LogP contribution in [0.4, 0.5) is 17.6 Å². The summed E-state index contributed by atoms with van der Waals surface area (Å²) in [7, 11) is 1.85. The van der Waals surface area contributed by atoms with Gasteiger partial charge in [0.25, 0.3) is 11.8 Å². The Morgan fingerprint density at radius 3 is 2.32 bits per heavy atom. The van der Waals surface area contributed by atoms with Crippen molar-refractivity contribution in [3.05, 3.63) is 76.4 Å². The third-order valence-electron chi connectivity index (χ3n) is 9.74. The smallest absolute Gasteiger partial charge is 0.276 e. The highest BCUT2D eigenvalue weighted by molar-refractivity contribution is 6.05. The molecule has 0 unspecified atom stereocenters. The van der Waals surface area contributed by atoms with Gasteiger partial charge in [-0.15, -0.1) is 0 Å². The van der Waals surface area contributed by atoms with Crippen LogP contribution in [-0.4, -0.2) is 63.4 Å². The molecule has 0 atom stereocenters. The molecule has 0 aliphatic carbocycles. The number of hydrogen-bond acceptors (Lipinski definition) is 8. The quantitative estimate of drug-likeness (QED) is 0.174. The predicted octanol–water partition coefficient (Wildman–Crippen LogP) is 5.90. The second kappa shape index (κ2) is 15.3. The van der Waals surface area contributed by atoms with Crippen LogP contribution >= 0.6 is 0 Å². The third kappa shape index (κ3) is 7.10. The number of carbonyl (C=O) groups is 3. The maximum absolute atomic E-state index is 14.1. The molecule has 2 aromatic carbocycles. The monoisotopic (exact) mass is 720 g/mol. The number of para-hydroxylation sites is 1. The third-order valence-corrected chi connectivity index (χ3v) is 9.74. The van der Waals surface area contributed by atoms with Gasteiger partial charge in [0.05, 0.1) is 33.6 Å². The van der Waals surface area contributed by atoms with E-state index in [4.69, 9.17) is 20.8 Å². The van der Waals surface area contributed by atoms with Crippen LogP contribution in [0.25, 0.3) is 22.1 Å². The van der Waals surface area contributed by atoms with E-state index in [-0.39, 0.29) is 19.2 Å². The molecule has 1 aliphatic heterocycles. The molecule has 0 fully saturated rings. The van der Waals surface area contributed by atoms with Gasteiger partial charge in [0.15, 0.2) is 0 Å². The van der Waals surface area contributed by atoms with E-state index in [1.807, 2.05) is 55.2 Å². The van der Waals surface area contributed by atoms with E-state index in [9.17, 15) is 14.4 Å². The number of nitrogens with two attached hydrogens (primary N) is 1. The van der Waals surface area contributed by atoms with Gasteiger partial charge in [-0.3, -0.25) is 34.4 Å². The topological polar surface area (TPSA) is 185 Å². The van der Waals surface area contributed by atoms with E-state index in [0.717, 1.165) is 58.5 Å². The molecular weight excluding hydrogens is 672 g/mol. The summed E-state index contributed by atoms with van der Waals surface area (Å²) >= 11 is 0. The average molecular weight is 721 g/mol. The fourth-order valence-corrected chi connectivity index (χ4v) is 7.18. The summed E-state index contributed by atoms with van der Waals surface area (Å²) in [6.07, 6.45) is 4.59. The number of nitrogens with one attached hydrogen (secondary N) is 3. The Hall–Kier alpha value is -5.99. The number of aromatic nitrogens is 8. The lowest BCUT2D eigenvalue weighted by atomic mass is 10.0. The molecule has 6 aromatic rings. The maximum Gasteiger partial charge on any atom is 0.276 e. The van der Waals surface area contributed by atoms with Crippen LogP contribution in [0.1, 0.15) is 94.7 Å². The minimum atomic E-state index is -0.552. The van der Waals surface area contributed by atoms with Crippen LogP contribution in [0.15, 0.2) is 42.5 Å². The van der Waals surface area contributed by atoms with E-state index in [1.165, 1.54) is 0 Å². The molecular formula is C38H48N12O3. The molecule has 15 heteroatoms. The first-order valence-electron chi connectivity index (χ1n) is 17.9. The van der Waals surface area contributed by atoms with Crippen molar-refractivity contribution >= 4 is 57.4 Å². The lowest BCUT2D eigenvalue weighted by molar-refractivity contribution is 0.0994. The van der Waals surface area contributed by atoms with Crippen LogP contribution in [0, 0.1) is 13.8 Å². The van der Waals surface area contributed by atoms with Crippen LogP contribution in [-0.2, 0) is 32.6 Å². The second-order valence-corrected chi connectivity index (χ2v) is 13.2. The molecule has 0 saturated heterocycles. The van der Waals surface area contributed by atoms with Gasteiger partial charge < -0.3 is 20.2 Å². The SMILES string of the molecule is C.CCn1nc(C)c2c1C(=O)Nc1nc3c(NC)cccc3n1CCCCn1c(nc3cc(C(N)=O)ccc31)NC(=O)c1cc(C)nn1CCCCC2. The van der Waals surface area contributed by atoms with Crippen molar-refractivity contribution in [1.82, 2.24) is 38.7 Å². The van der Waals surface area contributed by atoms with Crippen molar-refractivity contribution in [3.8, 4) is 0 Å². The number of aryl methyl sites for hydroxylation is 6. The molecule has 1 aliphatic rings. The number of imidazole rings is 2. The highest BCUT2D eigenvalue weighted by Gasteiger charge is 2.24. The van der Waals surface area contributed by atoms with Gasteiger partial charge >= 0.3 is 0 Å². The lowest BCUT2D eigenvalue weighted by Gasteiger charge is -2.13. The van der Waals surface area contributed by atoms with E-state index in [1.54, 1.807) is 33.6 Å². The molecule has 5 heterocycles. The van der Waals surface area contributed by atoms with Gasteiger partial charge in [0.2, 0.25) is 17.8 Å². The Labute approximate surface area is 308 Å². The summed E-state index contributed by atoms with van der Waals surface area (Å²) in [4.78, 5) is 49.6. The number of benzene rings is 2. The van der Waals surface area contributed by atoms with Gasteiger partial charge in [-0.2, -0.15) is 10.2 Å². The van der Waals surface area contributed by atoms with E-state index in [2.05, 4.69) is 21.0 Å². The van der Waals surface area contributed by atoms with Crippen LogP contribution in [0.2, 0.25) is 0 Å². The first-order valence-corrected chi connectivity index (χ1v) is 17.9.